The molecular weight excluding hydrogens is 206 g/mol. The molecule has 0 aromatic rings. The van der Waals surface area contributed by atoms with Crippen LogP contribution in [0.1, 0.15) is 46.5 Å². The molecule has 0 aromatic heterocycles. The summed E-state index contributed by atoms with van der Waals surface area (Å²) in [6.45, 7) is 6.78. The van der Waals surface area contributed by atoms with Crippen molar-refractivity contribution in [3.8, 4) is 0 Å². The first-order valence-corrected chi connectivity index (χ1v) is 6.01. The lowest BCUT2D eigenvalue weighted by Gasteiger charge is -2.29. The van der Waals surface area contributed by atoms with Crippen molar-refractivity contribution in [1.29, 1.82) is 0 Å². The number of aliphatic carboxylic acids is 1. The maximum atomic E-state index is 10.8. The maximum Gasteiger partial charge on any atom is 0.320 e. The molecule has 0 spiro atoms. The van der Waals surface area contributed by atoms with Crippen LogP contribution in [0.4, 0.5) is 0 Å². The highest BCUT2D eigenvalue weighted by molar-refractivity contribution is 5.73. The van der Waals surface area contributed by atoms with Gasteiger partial charge in [0.15, 0.2) is 0 Å². The summed E-state index contributed by atoms with van der Waals surface area (Å²) in [5.74, 6) is -0.735. The molecule has 0 radical (unpaired) electrons. The molecule has 4 nitrogen and oxygen atoms in total. The molecule has 2 unspecified atom stereocenters. The molecule has 1 heterocycles. The van der Waals surface area contributed by atoms with Gasteiger partial charge >= 0.3 is 5.97 Å². The van der Waals surface area contributed by atoms with Crippen molar-refractivity contribution in [2.45, 2.75) is 64.1 Å². The SMILES string of the molecule is CC(C)(C)OCCC1CCCC(C(=O)O)N1. The van der Waals surface area contributed by atoms with Gasteiger partial charge < -0.3 is 15.2 Å². The highest BCUT2D eigenvalue weighted by Gasteiger charge is 2.25. The molecule has 0 aromatic carbocycles. The van der Waals surface area contributed by atoms with Gasteiger partial charge in [0.2, 0.25) is 0 Å². The minimum absolute atomic E-state index is 0.110. The predicted molar refractivity (Wildman–Crippen MR) is 62.5 cm³/mol. The Hall–Kier alpha value is -0.610. The van der Waals surface area contributed by atoms with E-state index < -0.39 is 5.97 Å². The molecule has 1 rings (SSSR count). The first-order valence-electron chi connectivity index (χ1n) is 6.01. The number of carboxylic acid groups (broad SMARTS) is 1. The van der Waals surface area contributed by atoms with E-state index in [-0.39, 0.29) is 17.7 Å². The Kier molecular flexibility index (Phi) is 4.74. The zero-order chi connectivity index (χ0) is 12.2. The van der Waals surface area contributed by atoms with Crippen LogP contribution in [0, 0.1) is 0 Å². The number of carboxylic acids is 1. The second-order valence-electron chi connectivity index (χ2n) is 5.43. The lowest BCUT2D eigenvalue weighted by molar-refractivity contribution is -0.140. The van der Waals surface area contributed by atoms with Crippen LogP contribution in [0.3, 0.4) is 0 Å². The van der Waals surface area contributed by atoms with Crippen molar-refractivity contribution >= 4 is 5.97 Å². The zero-order valence-corrected chi connectivity index (χ0v) is 10.5. The van der Waals surface area contributed by atoms with Gasteiger partial charge in [0.1, 0.15) is 6.04 Å². The number of rotatable bonds is 4. The second kappa shape index (κ2) is 5.64. The number of nitrogens with one attached hydrogen (secondary N) is 1. The number of piperidine rings is 1. The molecule has 2 N–H and O–H groups in total. The molecule has 4 heteroatoms. The van der Waals surface area contributed by atoms with Crippen LogP contribution in [0.5, 0.6) is 0 Å². The lowest BCUT2D eigenvalue weighted by Crippen LogP contribution is -2.47. The fraction of sp³-hybridized carbons (Fsp3) is 0.917. The van der Waals surface area contributed by atoms with Crippen LogP contribution in [-0.4, -0.2) is 35.4 Å². The molecule has 1 saturated heterocycles. The number of ether oxygens (including phenoxy) is 1. The normalized spacial score (nSPS) is 26.7. The fourth-order valence-corrected chi connectivity index (χ4v) is 1.95. The molecular formula is C12H23NO3. The molecule has 0 amide bonds. The van der Waals surface area contributed by atoms with Crippen molar-refractivity contribution in [1.82, 2.24) is 5.32 Å². The van der Waals surface area contributed by atoms with E-state index in [9.17, 15) is 4.79 Å². The Labute approximate surface area is 97.4 Å². The van der Waals surface area contributed by atoms with Crippen molar-refractivity contribution in [2.75, 3.05) is 6.61 Å². The highest BCUT2D eigenvalue weighted by atomic mass is 16.5. The number of hydrogen-bond donors (Lipinski definition) is 2. The van der Waals surface area contributed by atoms with E-state index in [1.54, 1.807) is 0 Å². The third-order valence-electron chi connectivity index (χ3n) is 2.78. The Bertz CT molecular complexity index is 235. The average molecular weight is 229 g/mol. The van der Waals surface area contributed by atoms with E-state index in [2.05, 4.69) is 5.32 Å². The standard InChI is InChI=1S/C12H23NO3/c1-12(2,3)16-8-7-9-5-4-6-10(13-9)11(14)15/h9-10,13H,4-8H2,1-3H3,(H,14,15). The predicted octanol–water partition coefficient (Wildman–Crippen LogP) is 1.79. The summed E-state index contributed by atoms with van der Waals surface area (Å²) in [5.41, 5.74) is -0.110. The Morgan fingerprint density at radius 1 is 1.44 bits per heavy atom. The monoisotopic (exact) mass is 229 g/mol. The molecule has 0 aliphatic carbocycles. The minimum Gasteiger partial charge on any atom is -0.480 e. The Morgan fingerprint density at radius 2 is 2.12 bits per heavy atom. The van der Waals surface area contributed by atoms with Crippen LogP contribution < -0.4 is 5.32 Å². The van der Waals surface area contributed by atoms with Crippen LogP contribution in [0.25, 0.3) is 0 Å². The average Bonchev–Trinajstić information content (AvgIpc) is 2.16. The van der Waals surface area contributed by atoms with Crippen molar-refractivity contribution in [3.05, 3.63) is 0 Å². The van der Waals surface area contributed by atoms with E-state index in [1.807, 2.05) is 20.8 Å². The van der Waals surface area contributed by atoms with Crippen LogP contribution in [0.2, 0.25) is 0 Å². The van der Waals surface area contributed by atoms with Gasteiger partial charge in [0.05, 0.1) is 5.60 Å². The molecule has 1 fully saturated rings. The molecule has 94 valence electrons. The smallest absolute Gasteiger partial charge is 0.320 e. The topological polar surface area (TPSA) is 58.6 Å². The third-order valence-corrected chi connectivity index (χ3v) is 2.78. The summed E-state index contributed by atoms with van der Waals surface area (Å²) in [6.07, 6.45) is 3.68. The summed E-state index contributed by atoms with van der Waals surface area (Å²) in [6, 6.07) is -0.0782. The van der Waals surface area contributed by atoms with E-state index in [4.69, 9.17) is 9.84 Å². The van der Waals surface area contributed by atoms with Gasteiger partial charge in [0.25, 0.3) is 0 Å². The van der Waals surface area contributed by atoms with Gasteiger partial charge in [-0.3, -0.25) is 4.79 Å². The van der Waals surface area contributed by atoms with Crippen LogP contribution >= 0.6 is 0 Å². The Morgan fingerprint density at radius 3 is 2.69 bits per heavy atom. The quantitative estimate of drug-likeness (QED) is 0.771. The van der Waals surface area contributed by atoms with Gasteiger partial charge in [-0.1, -0.05) is 0 Å². The van der Waals surface area contributed by atoms with E-state index in [1.165, 1.54) is 0 Å². The zero-order valence-electron chi connectivity index (χ0n) is 10.5. The molecule has 16 heavy (non-hydrogen) atoms. The van der Waals surface area contributed by atoms with Gasteiger partial charge in [-0.25, -0.2) is 0 Å². The van der Waals surface area contributed by atoms with Crippen molar-refractivity contribution in [2.24, 2.45) is 0 Å². The number of carbonyl (C=O) groups is 1. The summed E-state index contributed by atoms with van der Waals surface area (Å²) < 4.78 is 5.64. The van der Waals surface area contributed by atoms with Crippen molar-refractivity contribution in [3.63, 3.8) is 0 Å². The molecule has 0 bridgehead atoms. The molecule has 2 atom stereocenters. The largest absolute Gasteiger partial charge is 0.480 e. The van der Waals surface area contributed by atoms with E-state index >= 15 is 0 Å². The molecule has 1 aliphatic heterocycles. The summed E-state index contributed by atoms with van der Waals surface area (Å²) in [4.78, 5) is 10.8. The molecule has 0 saturated carbocycles. The fourth-order valence-electron chi connectivity index (χ4n) is 1.95. The maximum absolute atomic E-state index is 10.8. The highest BCUT2D eigenvalue weighted by Crippen LogP contribution is 2.16. The van der Waals surface area contributed by atoms with Crippen LogP contribution in [0.15, 0.2) is 0 Å². The van der Waals surface area contributed by atoms with E-state index in [0.717, 1.165) is 25.7 Å². The number of hydrogen-bond acceptors (Lipinski definition) is 3. The summed E-state index contributed by atoms with van der Waals surface area (Å²) in [7, 11) is 0. The first-order chi connectivity index (χ1) is 7.38. The lowest BCUT2D eigenvalue weighted by atomic mass is 9.97. The van der Waals surface area contributed by atoms with Crippen molar-refractivity contribution < 1.29 is 14.6 Å². The summed E-state index contributed by atoms with van der Waals surface area (Å²) in [5, 5.41) is 12.1. The first kappa shape index (κ1) is 13.5. The molecule has 1 aliphatic rings. The van der Waals surface area contributed by atoms with Gasteiger partial charge in [-0.15, -0.1) is 0 Å². The summed E-state index contributed by atoms with van der Waals surface area (Å²) >= 11 is 0. The minimum atomic E-state index is -0.735. The Balaban J connectivity index is 2.24. The van der Waals surface area contributed by atoms with Gasteiger partial charge in [0, 0.05) is 12.6 Å². The van der Waals surface area contributed by atoms with Gasteiger partial charge in [-0.2, -0.15) is 0 Å². The second-order valence-corrected chi connectivity index (χ2v) is 5.43. The third kappa shape index (κ3) is 4.94. The van der Waals surface area contributed by atoms with Crippen LogP contribution in [-0.2, 0) is 9.53 Å². The van der Waals surface area contributed by atoms with E-state index in [0.29, 0.717) is 6.61 Å². The van der Waals surface area contributed by atoms with Gasteiger partial charge in [-0.05, 0) is 46.5 Å².